The van der Waals surface area contributed by atoms with Crippen molar-refractivity contribution in [2.24, 2.45) is 0 Å². The first-order chi connectivity index (χ1) is 15.0. The molecule has 4 rings (SSSR count). The second-order valence-electron chi connectivity index (χ2n) is 6.73. The van der Waals surface area contributed by atoms with E-state index in [0.717, 1.165) is 17.4 Å². The summed E-state index contributed by atoms with van der Waals surface area (Å²) in [5, 5.41) is 0.828. The number of anilines is 1. The number of hydrogen-bond donors (Lipinski definition) is 0. The van der Waals surface area contributed by atoms with Gasteiger partial charge in [-0.05, 0) is 30.2 Å². The molecule has 166 valence electrons. The largest absolute Gasteiger partial charge is 0.337 e. The van der Waals surface area contributed by atoms with Crippen molar-refractivity contribution in [2.45, 2.75) is 13.0 Å². The van der Waals surface area contributed by atoms with E-state index in [1.165, 1.54) is 17.0 Å². The highest BCUT2D eigenvalue weighted by molar-refractivity contribution is 7.22. The van der Waals surface area contributed by atoms with E-state index in [9.17, 15) is 13.6 Å². The Morgan fingerprint density at radius 3 is 2.81 bits per heavy atom. The maximum absolute atomic E-state index is 14.1. The smallest absolute Gasteiger partial charge is 0.252 e. The molecule has 0 unspecified atom stereocenters. The Hall–Kier alpha value is -2.81. The number of imidazole rings is 1. The van der Waals surface area contributed by atoms with Crippen LogP contribution >= 0.6 is 35.3 Å². The monoisotopic (exact) mass is 494 g/mol. The molecule has 0 saturated heterocycles. The van der Waals surface area contributed by atoms with Crippen LogP contribution in [0.3, 0.4) is 0 Å². The highest BCUT2D eigenvalue weighted by Crippen LogP contribution is 2.31. The van der Waals surface area contributed by atoms with Crippen LogP contribution in [0.5, 0.6) is 0 Å². The number of benzene rings is 2. The quantitative estimate of drug-likeness (QED) is 0.297. The molecule has 10 heteroatoms. The van der Waals surface area contributed by atoms with Crippen LogP contribution in [-0.2, 0) is 11.3 Å². The van der Waals surface area contributed by atoms with Crippen LogP contribution in [0, 0.1) is 11.6 Å². The lowest BCUT2D eigenvalue weighted by Gasteiger charge is -2.18. The topological polar surface area (TPSA) is 51.0 Å². The van der Waals surface area contributed by atoms with E-state index < -0.39 is 11.6 Å². The maximum atomic E-state index is 14.1. The summed E-state index contributed by atoms with van der Waals surface area (Å²) >= 11 is 7.23. The lowest BCUT2D eigenvalue weighted by Crippen LogP contribution is -2.30. The number of fused-ring (bicyclic) bond motifs is 1. The van der Waals surface area contributed by atoms with Gasteiger partial charge in [-0.15, -0.1) is 12.4 Å². The number of rotatable bonds is 7. The van der Waals surface area contributed by atoms with E-state index in [1.54, 1.807) is 36.8 Å². The molecule has 2 aromatic heterocycles. The highest BCUT2D eigenvalue weighted by atomic mass is 35.5. The summed E-state index contributed by atoms with van der Waals surface area (Å²) in [6.07, 6.45) is 8.86. The molecule has 0 aliphatic rings. The Kier molecular flexibility index (Phi) is 7.95. The number of nitrogens with zero attached hydrogens (tertiary/aromatic N) is 4. The van der Waals surface area contributed by atoms with E-state index >= 15 is 0 Å². The first-order valence-electron chi connectivity index (χ1n) is 9.47. The van der Waals surface area contributed by atoms with Gasteiger partial charge in [-0.3, -0.25) is 9.69 Å². The van der Waals surface area contributed by atoms with Crippen molar-refractivity contribution in [3.05, 3.63) is 83.4 Å². The minimum atomic E-state index is -0.755. The van der Waals surface area contributed by atoms with Crippen LogP contribution < -0.4 is 4.90 Å². The number of hydrogen-bond acceptors (Lipinski definition) is 4. The summed E-state index contributed by atoms with van der Waals surface area (Å²) < 4.78 is 30.0. The molecule has 0 atom stereocenters. The molecule has 0 fully saturated rings. The second-order valence-corrected chi connectivity index (χ2v) is 8.15. The van der Waals surface area contributed by atoms with Crippen molar-refractivity contribution in [3.63, 3.8) is 0 Å². The fourth-order valence-corrected chi connectivity index (χ4v) is 4.29. The maximum Gasteiger partial charge on any atom is 0.252 e. The van der Waals surface area contributed by atoms with Crippen LogP contribution in [0.1, 0.15) is 12.0 Å². The number of amides is 1. The third kappa shape index (κ3) is 5.51. The molecular formula is C22H18Cl2F2N4OS. The number of thiazole rings is 1. The van der Waals surface area contributed by atoms with Crippen LogP contribution in [0.2, 0.25) is 5.02 Å². The number of carbonyl (C=O) groups excluding carboxylic acids is 1. The van der Waals surface area contributed by atoms with Gasteiger partial charge in [0.1, 0.15) is 11.3 Å². The van der Waals surface area contributed by atoms with E-state index in [1.807, 2.05) is 16.8 Å². The van der Waals surface area contributed by atoms with Crippen molar-refractivity contribution in [2.75, 3.05) is 11.4 Å². The molecule has 32 heavy (non-hydrogen) atoms. The van der Waals surface area contributed by atoms with Crippen LogP contribution in [-0.4, -0.2) is 27.0 Å². The molecule has 0 bridgehead atoms. The Balaban J connectivity index is 0.00000289. The zero-order valence-electron chi connectivity index (χ0n) is 16.6. The van der Waals surface area contributed by atoms with Crippen molar-refractivity contribution >= 4 is 62.7 Å². The summed E-state index contributed by atoms with van der Waals surface area (Å²) in [4.78, 5) is 22.8. The Morgan fingerprint density at radius 1 is 1.25 bits per heavy atom. The van der Waals surface area contributed by atoms with Gasteiger partial charge in [-0.2, -0.15) is 0 Å². The van der Waals surface area contributed by atoms with Gasteiger partial charge in [0, 0.05) is 42.6 Å². The third-order valence-electron chi connectivity index (χ3n) is 4.57. The number of aromatic nitrogens is 3. The van der Waals surface area contributed by atoms with Gasteiger partial charge >= 0.3 is 0 Å². The number of aryl methyl sites for hydroxylation is 1. The summed E-state index contributed by atoms with van der Waals surface area (Å²) in [6.45, 7) is 0.986. The fourth-order valence-electron chi connectivity index (χ4n) is 3.05. The molecule has 0 aliphatic heterocycles. The number of halogens is 4. The van der Waals surface area contributed by atoms with Crippen molar-refractivity contribution in [1.29, 1.82) is 0 Å². The van der Waals surface area contributed by atoms with Gasteiger partial charge < -0.3 is 4.57 Å². The van der Waals surface area contributed by atoms with Gasteiger partial charge in [-0.25, -0.2) is 18.7 Å². The predicted octanol–water partition coefficient (Wildman–Crippen LogP) is 5.98. The molecule has 0 N–H and O–H groups in total. The summed E-state index contributed by atoms with van der Waals surface area (Å²) in [5.74, 6) is -1.77. The number of carbonyl (C=O) groups is 1. The lowest BCUT2D eigenvalue weighted by atomic mass is 10.2. The molecule has 2 aromatic carbocycles. The van der Waals surface area contributed by atoms with Crippen molar-refractivity contribution in [1.82, 2.24) is 14.5 Å². The highest BCUT2D eigenvalue weighted by Gasteiger charge is 2.20. The van der Waals surface area contributed by atoms with Crippen LogP contribution in [0.4, 0.5) is 13.9 Å². The first kappa shape index (κ1) is 23.8. The van der Waals surface area contributed by atoms with Gasteiger partial charge in [-0.1, -0.05) is 41.1 Å². The molecule has 0 saturated carbocycles. The first-order valence-corrected chi connectivity index (χ1v) is 10.7. The zero-order chi connectivity index (χ0) is 21.8. The molecule has 0 radical (unpaired) electrons. The van der Waals surface area contributed by atoms with E-state index in [2.05, 4.69) is 9.97 Å². The van der Waals surface area contributed by atoms with E-state index in [-0.39, 0.29) is 23.8 Å². The molecular weight excluding hydrogens is 477 g/mol. The predicted molar refractivity (Wildman–Crippen MR) is 126 cm³/mol. The Labute approximate surface area is 198 Å². The van der Waals surface area contributed by atoms with E-state index in [4.69, 9.17) is 11.6 Å². The molecule has 2 heterocycles. The summed E-state index contributed by atoms with van der Waals surface area (Å²) in [5.41, 5.74) is 0.747. The minimum Gasteiger partial charge on any atom is -0.337 e. The van der Waals surface area contributed by atoms with Gasteiger partial charge in [0.15, 0.2) is 10.9 Å². The second kappa shape index (κ2) is 10.7. The summed E-state index contributed by atoms with van der Waals surface area (Å²) in [6, 6.07) is 9.16. The fraction of sp³-hybridized carbons (Fsp3) is 0.136. The molecule has 4 aromatic rings. The Bertz CT molecular complexity index is 1240. The molecule has 0 aliphatic carbocycles. The molecule has 1 amide bonds. The average Bonchev–Trinajstić information content (AvgIpc) is 3.40. The normalized spacial score (nSPS) is 11.1. The average molecular weight is 495 g/mol. The summed E-state index contributed by atoms with van der Waals surface area (Å²) in [7, 11) is 0. The SMILES string of the molecule is Cl.O=C(/C=C/c1ccccc1Cl)N(CCCn1ccnc1)c1nc2c(F)cc(F)cc2s1. The van der Waals surface area contributed by atoms with Gasteiger partial charge in [0.2, 0.25) is 0 Å². The van der Waals surface area contributed by atoms with Gasteiger partial charge in [0.05, 0.1) is 11.0 Å². The lowest BCUT2D eigenvalue weighted by molar-refractivity contribution is -0.114. The third-order valence-corrected chi connectivity index (χ3v) is 5.94. The van der Waals surface area contributed by atoms with Crippen LogP contribution in [0.25, 0.3) is 16.3 Å². The van der Waals surface area contributed by atoms with Crippen molar-refractivity contribution < 1.29 is 13.6 Å². The Morgan fingerprint density at radius 2 is 2.06 bits per heavy atom. The molecule has 5 nitrogen and oxygen atoms in total. The van der Waals surface area contributed by atoms with E-state index in [0.29, 0.717) is 39.9 Å². The standard InChI is InChI=1S/C22H17ClF2N4OS.ClH/c23-17-5-2-1-4-15(17)6-7-20(30)29(10-3-9-28-11-8-26-14-28)22-27-21-18(25)12-16(24)13-19(21)31-22;/h1-2,4-8,11-14H,3,9-10H2;1H/b7-6+;. The van der Waals surface area contributed by atoms with Crippen LogP contribution in [0.15, 0.2) is 61.2 Å². The van der Waals surface area contributed by atoms with Gasteiger partial charge in [0.25, 0.3) is 5.91 Å². The minimum absolute atomic E-state index is 0. The zero-order valence-corrected chi connectivity index (χ0v) is 19.0. The molecule has 0 spiro atoms. The van der Waals surface area contributed by atoms with Crippen molar-refractivity contribution in [3.8, 4) is 0 Å².